The van der Waals surface area contributed by atoms with Crippen LogP contribution in [-0.2, 0) is 10.0 Å². The van der Waals surface area contributed by atoms with Crippen molar-refractivity contribution in [1.29, 1.82) is 0 Å². The quantitative estimate of drug-likeness (QED) is 0.641. The van der Waals surface area contributed by atoms with E-state index in [1.807, 2.05) is 0 Å². The van der Waals surface area contributed by atoms with Gasteiger partial charge in [0.25, 0.3) is 0 Å². The summed E-state index contributed by atoms with van der Waals surface area (Å²) in [7, 11) is -3.54. The smallest absolute Gasteiger partial charge is 0.242 e. The summed E-state index contributed by atoms with van der Waals surface area (Å²) in [5.74, 6) is 0.683. The fourth-order valence-electron chi connectivity index (χ4n) is 2.65. The molecule has 1 aliphatic carbocycles. The van der Waals surface area contributed by atoms with Gasteiger partial charge in [0.2, 0.25) is 10.0 Å². The average molecular weight is 361 g/mol. The molecule has 0 amide bonds. The highest BCUT2D eigenvalue weighted by atomic mass is 79.9. The third-order valence-electron chi connectivity index (χ3n) is 3.84. The zero-order valence-corrected chi connectivity index (χ0v) is 14.0. The molecule has 0 saturated heterocycles. The van der Waals surface area contributed by atoms with Crippen LogP contribution in [0.5, 0.6) is 0 Å². The van der Waals surface area contributed by atoms with Gasteiger partial charge in [-0.25, -0.2) is 13.1 Å². The summed E-state index contributed by atoms with van der Waals surface area (Å²) in [6, 6.07) is 4.87. The molecular weight excluding hydrogens is 340 g/mol. The van der Waals surface area contributed by atoms with E-state index in [0.717, 1.165) is 30.2 Å². The minimum absolute atomic E-state index is 0.0213. The summed E-state index contributed by atoms with van der Waals surface area (Å²) < 4.78 is 28.4. The lowest BCUT2D eigenvalue weighted by Gasteiger charge is -2.17. The van der Waals surface area contributed by atoms with E-state index in [1.165, 1.54) is 6.42 Å². The van der Waals surface area contributed by atoms with E-state index in [2.05, 4.69) is 27.6 Å². The Morgan fingerprint density at radius 2 is 2.00 bits per heavy atom. The highest BCUT2D eigenvalue weighted by Crippen LogP contribution is 2.26. The van der Waals surface area contributed by atoms with Crippen molar-refractivity contribution in [2.24, 2.45) is 5.92 Å². The van der Waals surface area contributed by atoms with Gasteiger partial charge in [0.15, 0.2) is 0 Å². The number of sulfonamides is 1. The molecule has 1 saturated carbocycles. The predicted molar refractivity (Wildman–Crippen MR) is 84.9 cm³/mol. The highest BCUT2D eigenvalue weighted by Gasteiger charge is 2.24. The van der Waals surface area contributed by atoms with Crippen LogP contribution in [0.2, 0.25) is 0 Å². The van der Waals surface area contributed by atoms with E-state index in [9.17, 15) is 8.42 Å². The molecule has 1 fully saturated rings. The van der Waals surface area contributed by atoms with Crippen molar-refractivity contribution >= 4 is 31.6 Å². The molecule has 0 heterocycles. The second kappa shape index (κ2) is 6.45. The maximum atomic E-state index is 12.4. The maximum Gasteiger partial charge on any atom is 0.242 e. The molecule has 0 aromatic heterocycles. The summed E-state index contributed by atoms with van der Waals surface area (Å²) in [6.07, 6.45) is 5.13. The fourth-order valence-corrected chi connectivity index (χ4v) is 4.45. The standard InChI is InChI=1S/C14H21BrN2O2S/c1-10-3-2-4-12(7-5-10)17-20(18,19)14-8-6-11(15)9-13(14)16/h6,8-10,12,17H,2-5,7,16H2,1H3. The van der Waals surface area contributed by atoms with Crippen molar-refractivity contribution in [2.45, 2.75) is 50.0 Å². The van der Waals surface area contributed by atoms with Gasteiger partial charge < -0.3 is 5.73 Å². The van der Waals surface area contributed by atoms with Gasteiger partial charge >= 0.3 is 0 Å². The third kappa shape index (κ3) is 3.96. The number of benzene rings is 1. The molecule has 1 aromatic rings. The van der Waals surface area contributed by atoms with Crippen LogP contribution in [0.15, 0.2) is 27.6 Å². The molecule has 0 radical (unpaired) electrons. The molecule has 4 nitrogen and oxygen atoms in total. The molecule has 0 aliphatic heterocycles. The van der Waals surface area contributed by atoms with Gasteiger partial charge in [-0.2, -0.15) is 0 Å². The van der Waals surface area contributed by atoms with E-state index >= 15 is 0 Å². The highest BCUT2D eigenvalue weighted by molar-refractivity contribution is 9.10. The van der Waals surface area contributed by atoms with Crippen molar-refractivity contribution in [3.63, 3.8) is 0 Å². The first-order chi connectivity index (χ1) is 9.38. The maximum absolute atomic E-state index is 12.4. The molecule has 2 unspecified atom stereocenters. The Hall–Kier alpha value is -0.590. The minimum Gasteiger partial charge on any atom is -0.398 e. The van der Waals surface area contributed by atoms with Crippen molar-refractivity contribution in [3.8, 4) is 0 Å². The third-order valence-corrected chi connectivity index (χ3v) is 5.93. The van der Waals surface area contributed by atoms with Crippen molar-refractivity contribution in [3.05, 3.63) is 22.7 Å². The fraction of sp³-hybridized carbons (Fsp3) is 0.571. The Bertz CT molecular complexity index is 575. The lowest BCUT2D eigenvalue weighted by molar-refractivity contribution is 0.484. The molecule has 1 aliphatic rings. The van der Waals surface area contributed by atoms with Crippen LogP contribution in [0.1, 0.15) is 39.0 Å². The first-order valence-electron chi connectivity index (χ1n) is 6.96. The van der Waals surface area contributed by atoms with Crippen molar-refractivity contribution < 1.29 is 8.42 Å². The summed E-state index contributed by atoms with van der Waals surface area (Å²) in [6.45, 7) is 2.23. The second-order valence-electron chi connectivity index (χ2n) is 5.61. The molecule has 2 atom stereocenters. The predicted octanol–water partition coefficient (Wildman–Crippen LogP) is 3.28. The monoisotopic (exact) mass is 360 g/mol. The molecule has 3 N–H and O–H groups in total. The summed E-state index contributed by atoms with van der Waals surface area (Å²) >= 11 is 3.28. The lowest BCUT2D eigenvalue weighted by atomic mass is 10.0. The molecule has 2 rings (SSSR count). The van der Waals surface area contributed by atoms with Gasteiger partial charge in [0, 0.05) is 10.5 Å². The van der Waals surface area contributed by atoms with Crippen LogP contribution in [0.4, 0.5) is 5.69 Å². The number of hydrogen-bond donors (Lipinski definition) is 2. The lowest BCUT2D eigenvalue weighted by Crippen LogP contribution is -2.34. The average Bonchev–Trinajstić information content (AvgIpc) is 2.53. The van der Waals surface area contributed by atoms with E-state index < -0.39 is 10.0 Å². The normalized spacial score (nSPS) is 24.3. The zero-order chi connectivity index (χ0) is 14.8. The SMILES string of the molecule is CC1CCCC(NS(=O)(=O)c2ccc(Br)cc2N)CC1. The number of nitrogen functional groups attached to an aromatic ring is 1. The summed E-state index contributed by atoms with van der Waals surface area (Å²) in [5, 5.41) is 0. The Kier molecular flexibility index (Phi) is 5.09. The van der Waals surface area contributed by atoms with Gasteiger partial charge in [-0.15, -0.1) is 0 Å². The molecular formula is C14H21BrN2O2S. The van der Waals surface area contributed by atoms with Gasteiger partial charge in [-0.05, 0) is 43.4 Å². The van der Waals surface area contributed by atoms with Crippen LogP contribution < -0.4 is 10.5 Å². The van der Waals surface area contributed by atoms with E-state index in [1.54, 1.807) is 18.2 Å². The van der Waals surface area contributed by atoms with E-state index in [-0.39, 0.29) is 16.6 Å². The minimum atomic E-state index is -3.54. The number of halogens is 1. The van der Waals surface area contributed by atoms with Crippen LogP contribution in [-0.4, -0.2) is 14.5 Å². The van der Waals surface area contributed by atoms with Gasteiger partial charge in [-0.1, -0.05) is 35.7 Å². The van der Waals surface area contributed by atoms with Crippen molar-refractivity contribution in [2.75, 3.05) is 5.73 Å². The van der Waals surface area contributed by atoms with Gasteiger partial charge in [0.05, 0.1) is 5.69 Å². The molecule has 0 spiro atoms. The van der Waals surface area contributed by atoms with Crippen LogP contribution in [0.3, 0.4) is 0 Å². The van der Waals surface area contributed by atoms with Gasteiger partial charge in [-0.3, -0.25) is 0 Å². The van der Waals surface area contributed by atoms with E-state index in [4.69, 9.17) is 5.73 Å². The summed E-state index contributed by atoms with van der Waals surface area (Å²) in [4.78, 5) is 0.165. The number of nitrogens with two attached hydrogens (primary N) is 1. The second-order valence-corrected chi connectivity index (χ2v) is 8.21. The largest absolute Gasteiger partial charge is 0.398 e. The first kappa shape index (κ1) is 15.8. The Labute approximate surface area is 129 Å². The van der Waals surface area contributed by atoms with Crippen LogP contribution in [0, 0.1) is 5.92 Å². The molecule has 6 heteroatoms. The number of anilines is 1. The topological polar surface area (TPSA) is 72.2 Å². The molecule has 1 aromatic carbocycles. The first-order valence-corrected chi connectivity index (χ1v) is 9.23. The van der Waals surface area contributed by atoms with Crippen molar-refractivity contribution in [1.82, 2.24) is 4.72 Å². The van der Waals surface area contributed by atoms with E-state index in [0.29, 0.717) is 5.92 Å². The zero-order valence-electron chi connectivity index (χ0n) is 11.6. The number of hydrogen-bond acceptors (Lipinski definition) is 3. The molecule has 20 heavy (non-hydrogen) atoms. The Morgan fingerprint density at radius 3 is 2.70 bits per heavy atom. The molecule has 0 bridgehead atoms. The Morgan fingerprint density at radius 1 is 1.25 bits per heavy atom. The van der Waals surface area contributed by atoms with Gasteiger partial charge in [0.1, 0.15) is 4.90 Å². The molecule has 112 valence electrons. The number of rotatable bonds is 3. The van der Waals surface area contributed by atoms with Crippen LogP contribution in [0.25, 0.3) is 0 Å². The summed E-state index contributed by atoms with van der Waals surface area (Å²) in [5.41, 5.74) is 6.09. The Balaban J connectivity index is 2.14. The number of nitrogens with one attached hydrogen (secondary N) is 1. The van der Waals surface area contributed by atoms with Crippen LogP contribution >= 0.6 is 15.9 Å².